The number of carbonyl (C=O) groups excluding carboxylic acids is 1. The molecule has 0 aliphatic rings. The van der Waals surface area contributed by atoms with Gasteiger partial charge < -0.3 is 5.32 Å². The van der Waals surface area contributed by atoms with Crippen molar-refractivity contribution in [2.24, 2.45) is 0 Å². The van der Waals surface area contributed by atoms with E-state index >= 15 is 0 Å². The molecule has 1 amide bonds. The Labute approximate surface area is 161 Å². The van der Waals surface area contributed by atoms with Crippen molar-refractivity contribution in [2.45, 2.75) is 78.1 Å². The first-order chi connectivity index (χ1) is 12.7. The fraction of sp³-hybridized carbons (Fsp3) is 0.542. The lowest BCUT2D eigenvalue weighted by Crippen LogP contribution is -2.24. The molecule has 0 radical (unpaired) electrons. The summed E-state index contributed by atoms with van der Waals surface area (Å²) in [4.78, 5) is 11.3. The van der Waals surface area contributed by atoms with E-state index in [4.69, 9.17) is 0 Å². The van der Waals surface area contributed by atoms with Crippen LogP contribution in [0, 0.1) is 0 Å². The molecule has 2 nitrogen and oxygen atoms in total. The Balaban J connectivity index is 3.43. The van der Waals surface area contributed by atoms with Gasteiger partial charge in [0, 0.05) is 12.1 Å². The average molecular weight is 358 g/mol. The Morgan fingerprint density at radius 1 is 0.769 bits per heavy atom. The molecule has 0 rings (SSSR count). The van der Waals surface area contributed by atoms with Crippen molar-refractivity contribution in [3.05, 3.63) is 60.8 Å². The summed E-state index contributed by atoms with van der Waals surface area (Å²) in [5.74, 6) is -0.0391. The molecule has 0 saturated carbocycles. The van der Waals surface area contributed by atoms with Crippen LogP contribution in [0.5, 0.6) is 0 Å². The quantitative estimate of drug-likeness (QED) is 0.183. The first-order valence-electron chi connectivity index (χ1n) is 10.2. The van der Waals surface area contributed by atoms with Crippen molar-refractivity contribution in [3.63, 3.8) is 0 Å². The van der Waals surface area contributed by atoms with Crippen LogP contribution in [-0.2, 0) is 4.79 Å². The predicted octanol–water partition coefficient (Wildman–Crippen LogP) is 6.82. The van der Waals surface area contributed by atoms with Crippen molar-refractivity contribution in [1.82, 2.24) is 5.32 Å². The molecule has 0 aromatic rings. The monoisotopic (exact) mass is 357 g/mol. The van der Waals surface area contributed by atoms with Gasteiger partial charge in [0.25, 0.3) is 0 Å². The maximum atomic E-state index is 11.3. The molecule has 0 bridgehead atoms. The smallest absolute Gasteiger partial charge is 0.246 e. The molecule has 0 spiro atoms. The Hall–Kier alpha value is -1.83. The third-order valence-electron chi connectivity index (χ3n) is 3.93. The Kier molecular flexibility index (Phi) is 18.1. The number of hydrogen-bond donors (Lipinski definition) is 1. The summed E-state index contributed by atoms with van der Waals surface area (Å²) in [5.41, 5.74) is 0.574. The molecule has 0 aliphatic heterocycles. The highest BCUT2D eigenvalue weighted by molar-refractivity contribution is 5.91. The number of unbranched alkanes of at least 4 members (excludes halogenated alkanes) is 5. The highest BCUT2D eigenvalue weighted by Crippen LogP contribution is 2.01. The topological polar surface area (TPSA) is 29.1 Å². The lowest BCUT2D eigenvalue weighted by Gasteiger charge is -2.02. The number of hydrogen-bond acceptors (Lipinski definition) is 1. The van der Waals surface area contributed by atoms with Gasteiger partial charge in [-0.1, -0.05) is 75.0 Å². The van der Waals surface area contributed by atoms with Crippen LogP contribution in [0.25, 0.3) is 0 Å². The minimum Gasteiger partial charge on any atom is -0.352 e. The van der Waals surface area contributed by atoms with Gasteiger partial charge in [-0.15, -0.1) is 0 Å². The number of nitrogens with one attached hydrogen (secondary N) is 1. The maximum absolute atomic E-state index is 11.3. The number of amides is 1. The zero-order valence-corrected chi connectivity index (χ0v) is 17.0. The van der Waals surface area contributed by atoms with Gasteiger partial charge in [-0.25, -0.2) is 0 Å². The molecule has 0 aliphatic carbocycles. The summed E-state index contributed by atoms with van der Waals surface area (Å²) in [7, 11) is 0. The van der Waals surface area contributed by atoms with Gasteiger partial charge in [0.15, 0.2) is 0 Å². The zero-order valence-electron chi connectivity index (χ0n) is 17.0. The SMILES string of the molecule is C=C(C)C(=O)NCCCC/C=C\C/C=C\C/C=C\C/C=C\CCCCC. The van der Waals surface area contributed by atoms with E-state index in [0.29, 0.717) is 5.57 Å². The molecular formula is C24H39NO. The Morgan fingerprint density at radius 3 is 1.69 bits per heavy atom. The summed E-state index contributed by atoms with van der Waals surface area (Å²) in [6, 6.07) is 0. The third-order valence-corrected chi connectivity index (χ3v) is 3.93. The second-order valence-electron chi connectivity index (χ2n) is 6.62. The molecule has 2 heteroatoms. The minimum atomic E-state index is -0.0391. The van der Waals surface area contributed by atoms with Gasteiger partial charge in [-0.2, -0.15) is 0 Å². The van der Waals surface area contributed by atoms with Crippen LogP contribution in [-0.4, -0.2) is 12.5 Å². The van der Waals surface area contributed by atoms with Crippen LogP contribution in [0.1, 0.15) is 78.1 Å². The molecular weight excluding hydrogens is 318 g/mol. The van der Waals surface area contributed by atoms with Gasteiger partial charge in [0.05, 0.1) is 0 Å². The number of allylic oxidation sites excluding steroid dienone is 8. The number of rotatable bonds is 16. The van der Waals surface area contributed by atoms with Gasteiger partial charge in [-0.3, -0.25) is 4.79 Å². The molecule has 26 heavy (non-hydrogen) atoms. The predicted molar refractivity (Wildman–Crippen MR) is 116 cm³/mol. The molecule has 0 saturated heterocycles. The van der Waals surface area contributed by atoms with E-state index in [-0.39, 0.29) is 5.91 Å². The molecule has 0 aromatic heterocycles. The van der Waals surface area contributed by atoms with E-state index < -0.39 is 0 Å². The van der Waals surface area contributed by atoms with Gasteiger partial charge in [0.2, 0.25) is 5.91 Å². The molecule has 0 heterocycles. The lowest BCUT2D eigenvalue weighted by molar-refractivity contribution is -0.117. The zero-order chi connectivity index (χ0) is 19.3. The molecule has 0 fully saturated rings. The standard InChI is InChI=1S/C24H39NO/c1-4-5-6-7-8-9-10-11-12-13-14-15-16-17-18-19-20-21-22-25-24(26)23(2)3/h8-9,11-12,14-15,17-18H,2,4-7,10,13,16,19-22H2,1,3H3,(H,25,26)/b9-8-,12-11-,15-14-,18-17-. The van der Waals surface area contributed by atoms with Gasteiger partial charge in [0.1, 0.15) is 0 Å². The molecule has 0 aromatic carbocycles. The normalized spacial score (nSPS) is 12.1. The Morgan fingerprint density at radius 2 is 1.23 bits per heavy atom. The van der Waals surface area contributed by atoms with E-state index in [1.54, 1.807) is 6.92 Å². The second-order valence-corrected chi connectivity index (χ2v) is 6.62. The first kappa shape index (κ1) is 24.2. The van der Waals surface area contributed by atoms with Crippen molar-refractivity contribution >= 4 is 5.91 Å². The van der Waals surface area contributed by atoms with Crippen LogP contribution in [0.15, 0.2) is 60.8 Å². The number of carbonyl (C=O) groups is 1. The molecule has 1 N–H and O–H groups in total. The van der Waals surface area contributed by atoms with Crippen molar-refractivity contribution in [3.8, 4) is 0 Å². The maximum Gasteiger partial charge on any atom is 0.246 e. The summed E-state index contributed by atoms with van der Waals surface area (Å²) in [6.07, 6.45) is 29.3. The van der Waals surface area contributed by atoms with Crippen molar-refractivity contribution < 1.29 is 4.79 Å². The first-order valence-corrected chi connectivity index (χ1v) is 10.2. The van der Waals surface area contributed by atoms with Crippen LogP contribution < -0.4 is 5.32 Å². The van der Waals surface area contributed by atoms with Gasteiger partial charge >= 0.3 is 0 Å². The van der Waals surface area contributed by atoms with Crippen LogP contribution in [0.3, 0.4) is 0 Å². The molecule has 146 valence electrons. The van der Waals surface area contributed by atoms with Crippen LogP contribution >= 0.6 is 0 Å². The van der Waals surface area contributed by atoms with Crippen molar-refractivity contribution in [1.29, 1.82) is 0 Å². The van der Waals surface area contributed by atoms with Crippen LogP contribution in [0.2, 0.25) is 0 Å². The van der Waals surface area contributed by atoms with Crippen molar-refractivity contribution in [2.75, 3.05) is 6.54 Å². The molecule has 0 atom stereocenters. The average Bonchev–Trinajstić information content (AvgIpc) is 2.63. The fourth-order valence-electron chi connectivity index (χ4n) is 2.30. The summed E-state index contributed by atoms with van der Waals surface area (Å²) < 4.78 is 0. The third kappa shape index (κ3) is 18.5. The van der Waals surface area contributed by atoms with Crippen LogP contribution in [0.4, 0.5) is 0 Å². The lowest BCUT2D eigenvalue weighted by atomic mass is 10.2. The van der Waals surface area contributed by atoms with E-state index in [1.807, 2.05) is 0 Å². The van der Waals surface area contributed by atoms with Gasteiger partial charge in [-0.05, 0) is 58.3 Å². The molecule has 0 unspecified atom stereocenters. The highest BCUT2D eigenvalue weighted by atomic mass is 16.1. The Bertz CT molecular complexity index is 469. The summed E-state index contributed by atoms with van der Waals surface area (Å²) >= 11 is 0. The largest absolute Gasteiger partial charge is 0.352 e. The van der Waals surface area contributed by atoms with E-state index in [1.165, 1.54) is 25.7 Å². The second kappa shape index (κ2) is 19.5. The summed E-state index contributed by atoms with van der Waals surface area (Å²) in [5, 5.41) is 2.85. The summed E-state index contributed by atoms with van der Waals surface area (Å²) in [6.45, 7) is 8.33. The van der Waals surface area contributed by atoms with E-state index in [2.05, 4.69) is 67.4 Å². The fourth-order valence-corrected chi connectivity index (χ4v) is 2.30. The van der Waals surface area contributed by atoms with E-state index in [0.717, 1.165) is 45.1 Å². The van der Waals surface area contributed by atoms with E-state index in [9.17, 15) is 4.79 Å². The minimum absolute atomic E-state index is 0.0391. The highest BCUT2D eigenvalue weighted by Gasteiger charge is 1.98.